The predicted molar refractivity (Wildman–Crippen MR) is 101 cm³/mol. The fourth-order valence-electron chi connectivity index (χ4n) is 3.67. The van der Waals surface area contributed by atoms with Gasteiger partial charge in [-0.1, -0.05) is 11.6 Å². The Morgan fingerprint density at radius 3 is 2.67 bits per heavy atom. The number of carbonyl (C=O) groups is 3. The van der Waals surface area contributed by atoms with Gasteiger partial charge in [0.05, 0.1) is 30.8 Å². The average Bonchev–Trinajstić information content (AvgIpc) is 2.96. The molecule has 0 aromatic heterocycles. The minimum absolute atomic E-state index is 0.179. The van der Waals surface area contributed by atoms with E-state index in [-0.39, 0.29) is 24.3 Å². The Labute approximate surface area is 159 Å². The van der Waals surface area contributed by atoms with Crippen molar-refractivity contribution in [1.29, 1.82) is 0 Å². The van der Waals surface area contributed by atoms with E-state index in [2.05, 4.69) is 6.08 Å². The first kappa shape index (κ1) is 19.3. The van der Waals surface area contributed by atoms with E-state index in [4.69, 9.17) is 4.74 Å². The maximum absolute atomic E-state index is 12.7. The van der Waals surface area contributed by atoms with Gasteiger partial charge in [0.1, 0.15) is 0 Å². The minimum atomic E-state index is -0.411. The molecule has 2 N–H and O–H groups in total. The molecule has 1 heterocycles. The Morgan fingerprint density at radius 2 is 2.00 bits per heavy atom. The van der Waals surface area contributed by atoms with E-state index in [0.29, 0.717) is 17.9 Å². The summed E-state index contributed by atoms with van der Waals surface area (Å²) in [6.45, 7) is 2.87. The van der Waals surface area contributed by atoms with Crippen molar-refractivity contribution in [2.24, 2.45) is 0 Å². The smallest absolute Gasteiger partial charge is 0.338 e. The first-order valence-corrected chi connectivity index (χ1v) is 9.75. The number of nitrogens with zero attached hydrogens (tertiary/aromatic N) is 1. The van der Waals surface area contributed by atoms with Gasteiger partial charge in [0.25, 0.3) is 5.91 Å². The zero-order valence-electron chi connectivity index (χ0n) is 15.8. The molecular formula is C21H27N2O4+. The number of quaternary nitrogens is 1. The Hall–Kier alpha value is -2.47. The molecule has 1 aliphatic heterocycles. The molecule has 0 spiro atoms. The quantitative estimate of drug-likeness (QED) is 0.451. The van der Waals surface area contributed by atoms with Crippen molar-refractivity contribution < 1.29 is 24.4 Å². The van der Waals surface area contributed by atoms with Gasteiger partial charge in [0, 0.05) is 6.42 Å². The van der Waals surface area contributed by atoms with E-state index in [1.165, 1.54) is 23.3 Å². The molecular weight excluding hydrogens is 344 g/mol. The van der Waals surface area contributed by atoms with E-state index in [1.54, 1.807) is 31.2 Å². The highest BCUT2D eigenvalue weighted by atomic mass is 16.5. The van der Waals surface area contributed by atoms with Crippen LogP contribution >= 0.6 is 0 Å². The second-order valence-electron chi connectivity index (χ2n) is 7.03. The third-order valence-corrected chi connectivity index (χ3v) is 5.12. The summed E-state index contributed by atoms with van der Waals surface area (Å²) in [5.74, 6) is -0.783. The second-order valence-corrected chi connectivity index (χ2v) is 7.03. The molecule has 2 amide bonds. The van der Waals surface area contributed by atoms with Crippen LogP contribution in [0.2, 0.25) is 0 Å². The summed E-state index contributed by atoms with van der Waals surface area (Å²) in [4.78, 5) is 38.0. The summed E-state index contributed by atoms with van der Waals surface area (Å²) >= 11 is 0. The molecule has 27 heavy (non-hydrogen) atoms. The largest absolute Gasteiger partial charge is 0.462 e. The van der Waals surface area contributed by atoms with Crippen LogP contribution in [0, 0.1) is 0 Å². The van der Waals surface area contributed by atoms with Gasteiger partial charge in [0.2, 0.25) is 5.91 Å². The number of ether oxygens (including phenoxy) is 1. The van der Waals surface area contributed by atoms with E-state index in [0.717, 1.165) is 25.8 Å². The van der Waals surface area contributed by atoms with Crippen molar-refractivity contribution in [3.63, 3.8) is 0 Å². The number of anilines is 1. The summed E-state index contributed by atoms with van der Waals surface area (Å²) in [5, 5.41) is 1.99. The molecule has 1 atom stereocenters. The van der Waals surface area contributed by atoms with Crippen molar-refractivity contribution in [2.45, 2.75) is 51.5 Å². The van der Waals surface area contributed by atoms with Gasteiger partial charge < -0.3 is 10.1 Å². The molecule has 1 saturated heterocycles. The second kappa shape index (κ2) is 8.95. The lowest BCUT2D eigenvalue weighted by atomic mass is 9.97. The lowest BCUT2D eigenvalue weighted by Gasteiger charge is -2.15. The molecule has 0 unspecified atom stereocenters. The maximum atomic E-state index is 12.7. The number of imide groups is 1. The van der Waals surface area contributed by atoms with Crippen LogP contribution in [0.25, 0.3) is 0 Å². The maximum Gasteiger partial charge on any atom is 0.338 e. The van der Waals surface area contributed by atoms with Gasteiger partial charge >= 0.3 is 5.97 Å². The van der Waals surface area contributed by atoms with Crippen LogP contribution < -0.4 is 10.2 Å². The summed E-state index contributed by atoms with van der Waals surface area (Å²) in [6, 6.07) is 6.06. The molecule has 1 aromatic rings. The summed E-state index contributed by atoms with van der Waals surface area (Å²) < 4.78 is 4.95. The van der Waals surface area contributed by atoms with Crippen LogP contribution in [0.3, 0.4) is 0 Å². The highest BCUT2D eigenvalue weighted by Crippen LogP contribution is 2.23. The van der Waals surface area contributed by atoms with Gasteiger partial charge in [0.15, 0.2) is 6.04 Å². The van der Waals surface area contributed by atoms with Crippen molar-refractivity contribution in [3.05, 3.63) is 41.5 Å². The van der Waals surface area contributed by atoms with Crippen molar-refractivity contribution in [3.8, 4) is 0 Å². The number of esters is 1. The third kappa shape index (κ3) is 4.63. The molecule has 1 fully saturated rings. The van der Waals surface area contributed by atoms with Gasteiger partial charge in [-0.05, 0) is 56.9 Å². The SMILES string of the molecule is CCOC(=O)c1ccc(N2C(=O)C[C@@H]([NH2+]CCC3=CCCCC3)C2=O)cc1. The van der Waals surface area contributed by atoms with E-state index in [9.17, 15) is 14.4 Å². The van der Waals surface area contributed by atoms with Gasteiger partial charge in [-0.25, -0.2) is 9.69 Å². The van der Waals surface area contributed by atoms with E-state index in [1.807, 2.05) is 5.32 Å². The predicted octanol–water partition coefficient (Wildman–Crippen LogP) is 1.95. The van der Waals surface area contributed by atoms with Gasteiger partial charge in [-0.3, -0.25) is 9.59 Å². The highest BCUT2D eigenvalue weighted by Gasteiger charge is 2.42. The fourth-order valence-corrected chi connectivity index (χ4v) is 3.67. The average molecular weight is 371 g/mol. The monoisotopic (exact) mass is 371 g/mol. The number of carbonyl (C=O) groups excluding carboxylic acids is 3. The van der Waals surface area contributed by atoms with E-state index >= 15 is 0 Å². The van der Waals surface area contributed by atoms with Crippen LogP contribution in [0.1, 0.15) is 55.8 Å². The Bertz CT molecular complexity index is 739. The van der Waals surface area contributed by atoms with Crippen LogP contribution in [-0.4, -0.2) is 37.0 Å². The van der Waals surface area contributed by atoms with Crippen LogP contribution in [0.15, 0.2) is 35.9 Å². The number of benzene rings is 1. The lowest BCUT2D eigenvalue weighted by molar-refractivity contribution is -0.674. The summed E-state index contributed by atoms with van der Waals surface area (Å²) in [7, 11) is 0. The molecule has 1 aromatic carbocycles. The fraction of sp³-hybridized carbons (Fsp3) is 0.476. The normalized spacial score (nSPS) is 20.0. The molecule has 0 saturated carbocycles. The zero-order valence-corrected chi connectivity index (χ0v) is 15.8. The number of allylic oxidation sites excluding steroid dienone is 1. The molecule has 2 aliphatic rings. The Morgan fingerprint density at radius 1 is 1.22 bits per heavy atom. The van der Waals surface area contributed by atoms with Crippen LogP contribution in [0.5, 0.6) is 0 Å². The Kier molecular flexibility index (Phi) is 6.40. The summed E-state index contributed by atoms with van der Waals surface area (Å²) in [6.07, 6.45) is 8.35. The van der Waals surface area contributed by atoms with Crippen molar-refractivity contribution >= 4 is 23.5 Å². The summed E-state index contributed by atoms with van der Waals surface area (Å²) in [5.41, 5.74) is 2.38. The van der Waals surface area contributed by atoms with E-state index < -0.39 is 5.97 Å². The van der Waals surface area contributed by atoms with Crippen LogP contribution in [-0.2, 0) is 14.3 Å². The topological polar surface area (TPSA) is 80.3 Å². The zero-order chi connectivity index (χ0) is 19.2. The Balaban J connectivity index is 1.58. The lowest BCUT2D eigenvalue weighted by Crippen LogP contribution is -2.91. The molecule has 3 rings (SSSR count). The number of hydrogen-bond donors (Lipinski definition) is 1. The number of hydrogen-bond acceptors (Lipinski definition) is 4. The van der Waals surface area contributed by atoms with Crippen molar-refractivity contribution in [1.82, 2.24) is 0 Å². The first-order valence-electron chi connectivity index (χ1n) is 9.75. The highest BCUT2D eigenvalue weighted by molar-refractivity contribution is 6.21. The van der Waals surface area contributed by atoms with Crippen LogP contribution in [0.4, 0.5) is 5.69 Å². The number of amides is 2. The first-order chi connectivity index (χ1) is 13.1. The molecule has 144 valence electrons. The third-order valence-electron chi connectivity index (χ3n) is 5.12. The molecule has 0 radical (unpaired) electrons. The van der Waals surface area contributed by atoms with Crippen molar-refractivity contribution in [2.75, 3.05) is 18.1 Å². The molecule has 6 nitrogen and oxygen atoms in total. The molecule has 0 bridgehead atoms. The molecule has 6 heteroatoms. The standard InChI is InChI=1S/C21H26N2O4/c1-2-27-21(26)16-8-10-17(11-9-16)23-19(24)14-18(20(23)25)22-13-12-15-6-4-3-5-7-15/h6,8-11,18,22H,2-5,7,12-14H2,1H3/p+1/t18-/m1/s1. The molecule has 1 aliphatic carbocycles. The van der Waals surface area contributed by atoms with Gasteiger partial charge in [-0.15, -0.1) is 0 Å². The number of rotatable bonds is 7. The minimum Gasteiger partial charge on any atom is -0.462 e. The van der Waals surface area contributed by atoms with Gasteiger partial charge in [-0.2, -0.15) is 0 Å². The number of nitrogens with two attached hydrogens (primary N) is 1.